The molecule has 0 fully saturated rings. The van der Waals surface area contributed by atoms with Gasteiger partial charge in [-0.2, -0.15) is 0 Å². The van der Waals surface area contributed by atoms with E-state index in [1.165, 1.54) is 22.4 Å². The maximum Gasteiger partial charge on any atom is 0.161 e. The van der Waals surface area contributed by atoms with Crippen molar-refractivity contribution in [3.63, 3.8) is 0 Å². The Morgan fingerprint density at radius 1 is 1.05 bits per heavy atom. The molecule has 0 aromatic heterocycles. The zero-order chi connectivity index (χ0) is 13.4. The minimum absolute atomic E-state index is 0.153. The molecule has 3 rings (SSSR count). The van der Waals surface area contributed by atoms with Gasteiger partial charge in [0.05, 0.1) is 5.70 Å². The quantitative estimate of drug-likeness (QED) is 0.698. The highest BCUT2D eigenvalue weighted by Crippen LogP contribution is 2.32. The Labute approximate surface area is 113 Å². The van der Waals surface area contributed by atoms with E-state index < -0.39 is 0 Å². The number of hydrazine groups is 1. The molecule has 0 radical (unpaired) electrons. The van der Waals surface area contributed by atoms with Crippen LogP contribution < -0.4 is 10.9 Å². The molecular weight excluding hydrogens is 236 g/mol. The zero-order valence-corrected chi connectivity index (χ0v) is 11.3. The van der Waals surface area contributed by atoms with Gasteiger partial charge in [-0.1, -0.05) is 17.7 Å². The monoisotopic (exact) mass is 254 g/mol. The second kappa shape index (κ2) is 4.57. The van der Waals surface area contributed by atoms with Gasteiger partial charge in [-0.05, 0) is 38.3 Å². The van der Waals surface area contributed by atoms with Crippen LogP contribution in [0, 0.1) is 0 Å². The van der Waals surface area contributed by atoms with Gasteiger partial charge in [0.2, 0.25) is 0 Å². The summed E-state index contributed by atoms with van der Waals surface area (Å²) in [7, 11) is 0. The van der Waals surface area contributed by atoms with Crippen LogP contribution in [0.1, 0.15) is 33.1 Å². The Morgan fingerprint density at radius 3 is 2.74 bits per heavy atom. The Morgan fingerprint density at radius 2 is 1.89 bits per heavy atom. The Balaban J connectivity index is 2.09. The fourth-order valence-electron chi connectivity index (χ4n) is 2.63. The number of ketones is 1. The summed E-state index contributed by atoms with van der Waals surface area (Å²) in [5, 5.41) is 0. The van der Waals surface area contributed by atoms with E-state index in [1.54, 1.807) is 6.08 Å². The van der Waals surface area contributed by atoms with Crippen LogP contribution in [0.25, 0.3) is 0 Å². The number of hydrogen-bond acceptors (Lipinski definition) is 3. The molecule has 98 valence electrons. The molecule has 0 saturated heterocycles. The summed E-state index contributed by atoms with van der Waals surface area (Å²) in [5.74, 6) is 0.153. The van der Waals surface area contributed by atoms with E-state index in [2.05, 4.69) is 36.9 Å². The molecule has 0 aromatic rings. The average molecular weight is 254 g/mol. The highest BCUT2D eigenvalue weighted by molar-refractivity contribution is 5.94. The van der Waals surface area contributed by atoms with Gasteiger partial charge in [-0.3, -0.25) is 4.79 Å². The molecule has 0 amide bonds. The van der Waals surface area contributed by atoms with E-state index in [-0.39, 0.29) is 5.78 Å². The van der Waals surface area contributed by atoms with E-state index in [4.69, 9.17) is 0 Å². The lowest BCUT2D eigenvalue weighted by atomic mass is 9.88. The predicted molar refractivity (Wildman–Crippen MR) is 75.8 cm³/mol. The minimum Gasteiger partial charge on any atom is -0.304 e. The van der Waals surface area contributed by atoms with Crippen LogP contribution in [0.4, 0.5) is 0 Å². The average Bonchev–Trinajstić information content (AvgIpc) is 2.38. The standard InChI is InChI=1S/C16H18N2O/c1-10-4-3-5-15-14(8-11(10)2)13-7-6-12(19)9-16(13)18-17-15/h4,7-9,17-18H,3,5-6H2,1-2H3. The predicted octanol–water partition coefficient (Wildman–Crippen LogP) is 2.82. The molecule has 3 heteroatoms. The van der Waals surface area contributed by atoms with Crippen molar-refractivity contribution < 1.29 is 4.79 Å². The van der Waals surface area contributed by atoms with Crippen molar-refractivity contribution in [2.45, 2.75) is 33.1 Å². The Bertz CT molecular complexity index is 600. The lowest BCUT2D eigenvalue weighted by Gasteiger charge is -2.29. The first-order valence-corrected chi connectivity index (χ1v) is 6.71. The first-order valence-electron chi connectivity index (χ1n) is 6.71. The van der Waals surface area contributed by atoms with Crippen molar-refractivity contribution in [1.82, 2.24) is 10.9 Å². The number of hydrogen-bond donors (Lipinski definition) is 2. The number of rotatable bonds is 0. The smallest absolute Gasteiger partial charge is 0.161 e. The third kappa shape index (κ3) is 2.16. The summed E-state index contributed by atoms with van der Waals surface area (Å²) >= 11 is 0. The highest BCUT2D eigenvalue weighted by Gasteiger charge is 2.23. The molecule has 0 aromatic carbocycles. The van der Waals surface area contributed by atoms with Gasteiger partial charge in [-0.15, -0.1) is 0 Å². The molecule has 0 unspecified atom stereocenters. The topological polar surface area (TPSA) is 41.1 Å². The van der Waals surface area contributed by atoms with Crippen molar-refractivity contribution >= 4 is 5.78 Å². The summed E-state index contributed by atoms with van der Waals surface area (Å²) in [6.07, 6.45) is 10.8. The molecule has 1 heterocycles. The van der Waals surface area contributed by atoms with Crippen LogP contribution in [0.2, 0.25) is 0 Å². The van der Waals surface area contributed by atoms with Crippen molar-refractivity contribution in [1.29, 1.82) is 0 Å². The molecule has 1 aliphatic heterocycles. The van der Waals surface area contributed by atoms with Crippen LogP contribution in [0.15, 0.2) is 58.0 Å². The third-order valence-corrected chi connectivity index (χ3v) is 3.89. The van der Waals surface area contributed by atoms with Crippen molar-refractivity contribution in [3.05, 3.63) is 58.0 Å². The normalized spacial score (nSPS) is 22.5. The molecule has 0 saturated carbocycles. The zero-order valence-electron chi connectivity index (χ0n) is 11.3. The molecule has 0 spiro atoms. The second-order valence-electron chi connectivity index (χ2n) is 5.24. The van der Waals surface area contributed by atoms with Gasteiger partial charge in [0, 0.05) is 29.3 Å². The van der Waals surface area contributed by atoms with E-state index in [0.717, 1.165) is 24.1 Å². The molecule has 3 aliphatic rings. The van der Waals surface area contributed by atoms with Crippen LogP contribution in [0.5, 0.6) is 0 Å². The van der Waals surface area contributed by atoms with Gasteiger partial charge in [0.25, 0.3) is 0 Å². The molecule has 0 atom stereocenters. The first kappa shape index (κ1) is 12.0. The fourth-order valence-corrected chi connectivity index (χ4v) is 2.63. The number of carbonyl (C=O) groups excluding carboxylic acids is 1. The van der Waals surface area contributed by atoms with Gasteiger partial charge in [-0.25, -0.2) is 0 Å². The fraction of sp³-hybridized carbons (Fsp3) is 0.312. The SMILES string of the molecule is CC1=CCCC2=C(C=C1C)C1=CCC(=O)C=C1NN2. The summed E-state index contributed by atoms with van der Waals surface area (Å²) in [6, 6.07) is 0. The lowest BCUT2D eigenvalue weighted by Crippen LogP contribution is -2.38. The van der Waals surface area contributed by atoms with Crippen LogP contribution in [0.3, 0.4) is 0 Å². The van der Waals surface area contributed by atoms with Crippen molar-refractivity contribution in [3.8, 4) is 0 Å². The summed E-state index contributed by atoms with van der Waals surface area (Å²) < 4.78 is 0. The Kier molecular flexibility index (Phi) is 2.90. The number of nitrogens with one attached hydrogen (secondary N) is 2. The Hall–Kier alpha value is -2.03. The van der Waals surface area contributed by atoms with Crippen LogP contribution in [-0.4, -0.2) is 5.78 Å². The molecule has 3 nitrogen and oxygen atoms in total. The van der Waals surface area contributed by atoms with E-state index in [0.29, 0.717) is 6.42 Å². The summed E-state index contributed by atoms with van der Waals surface area (Å²) in [5.41, 5.74) is 13.5. The lowest BCUT2D eigenvalue weighted by molar-refractivity contribution is -0.114. The molecule has 2 N–H and O–H groups in total. The minimum atomic E-state index is 0.153. The van der Waals surface area contributed by atoms with E-state index >= 15 is 0 Å². The van der Waals surface area contributed by atoms with E-state index in [9.17, 15) is 4.79 Å². The third-order valence-electron chi connectivity index (χ3n) is 3.89. The van der Waals surface area contributed by atoms with E-state index in [1.807, 2.05) is 6.08 Å². The molecule has 0 bridgehead atoms. The highest BCUT2D eigenvalue weighted by atomic mass is 16.1. The van der Waals surface area contributed by atoms with Crippen molar-refractivity contribution in [2.75, 3.05) is 0 Å². The van der Waals surface area contributed by atoms with Gasteiger partial charge >= 0.3 is 0 Å². The summed E-state index contributed by atoms with van der Waals surface area (Å²) in [4.78, 5) is 11.5. The summed E-state index contributed by atoms with van der Waals surface area (Å²) in [6.45, 7) is 4.29. The van der Waals surface area contributed by atoms with Crippen molar-refractivity contribution in [2.24, 2.45) is 0 Å². The molecular formula is C16H18N2O. The molecule has 2 aliphatic carbocycles. The number of allylic oxidation sites excluding steroid dienone is 8. The largest absolute Gasteiger partial charge is 0.304 e. The molecule has 19 heavy (non-hydrogen) atoms. The first-order chi connectivity index (χ1) is 9.15. The van der Waals surface area contributed by atoms with Gasteiger partial charge in [0.15, 0.2) is 5.78 Å². The van der Waals surface area contributed by atoms with Gasteiger partial charge < -0.3 is 10.9 Å². The second-order valence-corrected chi connectivity index (χ2v) is 5.24. The van der Waals surface area contributed by atoms with Gasteiger partial charge in [0.1, 0.15) is 0 Å². The number of carbonyl (C=O) groups is 1. The maximum atomic E-state index is 11.5. The number of fused-ring (bicyclic) bond motifs is 2. The van der Waals surface area contributed by atoms with Crippen LogP contribution >= 0.6 is 0 Å². The van der Waals surface area contributed by atoms with Crippen LogP contribution in [-0.2, 0) is 4.79 Å². The maximum absolute atomic E-state index is 11.5.